The fourth-order valence-electron chi connectivity index (χ4n) is 3.76. The van der Waals surface area contributed by atoms with Gasteiger partial charge in [-0.05, 0) is 36.6 Å². The molecule has 1 aliphatic heterocycles. The molecule has 132 valence electrons. The lowest BCUT2D eigenvalue weighted by Gasteiger charge is -2.24. The van der Waals surface area contributed by atoms with Gasteiger partial charge in [-0.1, -0.05) is 49.6 Å². The van der Waals surface area contributed by atoms with E-state index in [-0.39, 0.29) is 0 Å². The highest BCUT2D eigenvalue weighted by molar-refractivity contribution is 6.08. The van der Waals surface area contributed by atoms with Crippen LogP contribution in [0.5, 0.6) is 5.75 Å². The normalized spacial score (nSPS) is 17.2. The largest absolute Gasteiger partial charge is 0.489 e. The van der Waals surface area contributed by atoms with Crippen molar-refractivity contribution in [1.29, 1.82) is 0 Å². The van der Waals surface area contributed by atoms with Crippen LogP contribution in [-0.4, -0.2) is 11.9 Å². The number of fused-ring (bicyclic) bond motifs is 1. The molecule has 0 unspecified atom stereocenters. The quantitative estimate of drug-likeness (QED) is 0.717. The van der Waals surface area contributed by atoms with E-state index in [0.29, 0.717) is 12.5 Å². The van der Waals surface area contributed by atoms with Crippen LogP contribution in [0.15, 0.2) is 70.9 Å². The van der Waals surface area contributed by atoms with Crippen molar-refractivity contribution in [2.75, 3.05) is 0 Å². The molecule has 1 aliphatic carbocycles. The summed E-state index contributed by atoms with van der Waals surface area (Å²) in [6.07, 6.45) is 11.9. The number of hydrogen-bond acceptors (Lipinski definition) is 3. The van der Waals surface area contributed by atoms with Gasteiger partial charge >= 0.3 is 0 Å². The molecule has 0 radical (unpaired) electrons. The standard InChI is InChI=1S/C23H24N2O/c1-3-7-18(8-4-1)17-26-21-11-12-22-20(15-21)16-24-13-14-25-23(22)19-9-5-2-6-10-19/h1,3-4,7-8,11-16,19H,2,5-6,9-10,17H2. The number of nitrogens with zero attached hydrogens (tertiary/aromatic N) is 2. The molecule has 2 aliphatic rings. The summed E-state index contributed by atoms with van der Waals surface area (Å²) >= 11 is 0. The van der Waals surface area contributed by atoms with E-state index >= 15 is 0 Å². The van der Waals surface area contributed by atoms with E-state index < -0.39 is 0 Å². The maximum absolute atomic E-state index is 5.99. The summed E-state index contributed by atoms with van der Waals surface area (Å²) in [6, 6.07) is 16.5. The van der Waals surface area contributed by atoms with Gasteiger partial charge in [0.2, 0.25) is 0 Å². The Morgan fingerprint density at radius 2 is 1.77 bits per heavy atom. The Hall–Kier alpha value is -2.68. The third-order valence-corrected chi connectivity index (χ3v) is 5.12. The second-order valence-electron chi connectivity index (χ2n) is 6.95. The highest BCUT2D eigenvalue weighted by Gasteiger charge is 2.22. The zero-order valence-corrected chi connectivity index (χ0v) is 15.0. The number of ether oxygens (including phenoxy) is 1. The first-order chi connectivity index (χ1) is 12.9. The maximum Gasteiger partial charge on any atom is 0.120 e. The van der Waals surface area contributed by atoms with E-state index in [1.165, 1.54) is 48.9 Å². The van der Waals surface area contributed by atoms with Crippen LogP contribution in [-0.2, 0) is 6.61 Å². The van der Waals surface area contributed by atoms with Gasteiger partial charge in [0.25, 0.3) is 0 Å². The highest BCUT2D eigenvalue weighted by atomic mass is 16.5. The summed E-state index contributed by atoms with van der Waals surface area (Å²) in [6.45, 7) is 0.570. The van der Waals surface area contributed by atoms with E-state index in [2.05, 4.69) is 35.3 Å². The van der Waals surface area contributed by atoms with Gasteiger partial charge in [0.15, 0.2) is 0 Å². The predicted octanol–water partition coefficient (Wildman–Crippen LogP) is 5.54. The second kappa shape index (κ2) is 8.13. The molecule has 0 amide bonds. The minimum atomic E-state index is 0.551. The SMILES string of the molecule is C1=CN=C(C2CCCCC2)c2ccc(OCc3ccccc3)cc2C=N1. The lowest BCUT2D eigenvalue weighted by atomic mass is 9.82. The molecule has 3 nitrogen and oxygen atoms in total. The van der Waals surface area contributed by atoms with Crippen molar-refractivity contribution >= 4 is 11.9 Å². The Morgan fingerprint density at radius 3 is 2.62 bits per heavy atom. The summed E-state index contributed by atoms with van der Waals surface area (Å²) < 4.78 is 5.99. The fourth-order valence-corrected chi connectivity index (χ4v) is 3.76. The van der Waals surface area contributed by atoms with Gasteiger partial charge in [-0.15, -0.1) is 0 Å². The van der Waals surface area contributed by atoms with E-state index in [0.717, 1.165) is 11.3 Å². The molecule has 26 heavy (non-hydrogen) atoms. The van der Waals surface area contributed by atoms with Gasteiger partial charge in [0.05, 0.1) is 5.71 Å². The lowest BCUT2D eigenvalue weighted by Crippen LogP contribution is -2.20. The summed E-state index contributed by atoms with van der Waals surface area (Å²) in [4.78, 5) is 9.10. The van der Waals surface area contributed by atoms with E-state index in [4.69, 9.17) is 9.73 Å². The molecular weight excluding hydrogens is 320 g/mol. The number of aliphatic imine (C=N–C) groups is 2. The molecule has 0 saturated heterocycles. The van der Waals surface area contributed by atoms with Crippen LogP contribution in [0.25, 0.3) is 0 Å². The van der Waals surface area contributed by atoms with Crippen LogP contribution in [0.1, 0.15) is 48.8 Å². The topological polar surface area (TPSA) is 34.0 Å². The molecule has 0 bridgehead atoms. The Kier molecular flexibility index (Phi) is 5.25. The van der Waals surface area contributed by atoms with Crippen molar-refractivity contribution < 1.29 is 4.74 Å². The zero-order chi connectivity index (χ0) is 17.6. The second-order valence-corrected chi connectivity index (χ2v) is 6.95. The van der Waals surface area contributed by atoms with Crippen molar-refractivity contribution in [3.8, 4) is 5.75 Å². The van der Waals surface area contributed by atoms with Crippen LogP contribution in [0, 0.1) is 5.92 Å². The fraction of sp³-hybridized carbons (Fsp3) is 0.304. The molecule has 0 spiro atoms. The lowest BCUT2D eigenvalue weighted by molar-refractivity contribution is 0.306. The predicted molar refractivity (Wildman–Crippen MR) is 107 cm³/mol. The first-order valence-electron chi connectivity index (χ1n) is 9.47. The first-order valence-corrected chi connectivity index (χ1v) is 9.47. The van der Waals surface area contributed by atoms with Gasteiger partial charge in [-0.2, -0.15) is 0 Å². The van der Waals surface area contributed by atoms with Crippen LogP contribution in [0.3, 0.4) is 0 Å². The summed E-state index contributed by atoms with van der Waals surface area (Å²) in [5.74, 6) is 1.42. The number of hydrogen-bond donors (Lipinski definition) is 0. The van der Waals surface area contributed by atoms with Crippen LogP contribution in [0.2, 0.25) is 0 Å². The summed E-state index contributed by atoms with van der Waals surface area (Å²) in [5.41, 5.74) is 4.65. The molecule has 2 aromatic carbocycles. The van der Waals surface area contributed by atoms with Gasteiger partial charge in [0, 0.05) is 35.7 Å². The molecular formula is C23H24N2O. The Morgan fingerprint density at radius 1 is 0.923 bits per heavy atom. The molecule has 4 rings (SSSR count). The van der Waals surface area contributed by atoms with Crippen molar-refractivity contribution in [1.82, 2.24) is 0 Å². The molecule has 0 aromatic heterocycles. The molecule has 1 heterocycles. The Bertz CT molecular complexity index is 831. The average molecular weight is 344 g/mol. The highest BCUT2D eigenvalue weighted by Crippen LogP contribution is 2.30. The molecule has 0 atom stereocenters. The minimum absolute atomic E-state index is 0.551. The molecule has 0 N–H and O–H groups in total. The van der Waals surface area contributed by atoms with Gasteiger partial charge < -0.3 is 4.74 Å². The van der Waals surface area contributed by atoms with Crippen molar-refractivity contribution in [3.05, 3.63) is 77.6 Å². The number of benzene rings is 2. The van der Waals surface area contributed by atoms with E-state index in [1.807, 2.05) is 30.6 Å². The first kappa shape index (κ1) is 16.8. The van der Waals surface area contributed by atoms with Gasteiger partial charge in [-0.3, -0.25) is 9.98 Å². The van der Waals surface area contributed by atoms with Crippen molar-refractivity contribution in [2.45, 2.75) is 38.7 Å². The Balaban J connectivity index is 1.58. The molecule has 1 saturated carbocycles. The van der Waals surface area contributed by atoms with Crippen molar-refractivity contribution in [3.63, 3.8) is 0 Å². The zero-order valence-electron chi connectivity index (χ0n) is 15.0. The third-order valence-electron chi connectivity index (χ3n) is 5.12. The smallest absolute Gasteiger partial charge is 0.120 e. The van der Waals surface area contributed by atoms with Gasteiger partial charge in [-0.25, -0.2) is 0 Å². The average Bonchev–Trinajstić information content (AvgIpc) is 2.69. The summed E-state index contributed by atoms with van der Waals surface area (Å²) in [5, 5.41) is 0. The van der Waals surface area contributed by atoms with Crippen LogP contribution < -0.4 is 4.74 Å². The Labute approximate surface area is 155 Å². The third kappa shape index (κ3) is 3.93. The molecule has 1 fully saturated rings. The summed E-state index contributed by atoms with van der Waals surface area (Å²) in [7, 11) is 0. The van der Waals surface area contributed by atoms with Crippen LogP contribution in [0.4, 0.5) is 0 Å². The monoisotopic (exact) mass is 344 g/mol. The molecule has 3 heteroatoms. The maximum atomic E-state index is 5.99. The van der Waals surface area contributed by atoms with Crippen molar-refractivity contribution in [2.24, 2.45) is 15.9 Å². The molecule has 2 aromatic rings. The van der Waals surface area contributed by atoms with E-state index in [9.17, 15) is 0 Å². The minimum Gasteiger partial charge on any atom is -0.489 e. The van der Waals surface area contributed by atoms with Gasteiger partial charge in [0.1, 0.15) is 12.4 Å². The van der Waals surface area contributed by atoms with E-state index in [1.54, 1.807) is 6.20 Å². The van der Waals surface area contributed by atoms with Crippen LogP contribution >= 0.6 is 0 Å². The number of rotatable bonds is 4.